The molecule has 0 aromatic rings. The summed E-state index contributed by atoms with van der Waals surface area (Å²) in [4.78, 5) is 0. The Labute approximate surface area is 90.1 Å². The SMILES string of the molecule is C=C[Si]1(N(C)C)C[Si](C=C)(N(C)C)C1. The lowest BCUT2D eigenvalue weighted by Crippen LogP contribution is -2.73. The molecule has 2 nitrogen and oxygen atoms in total. The van der Waals surface area contributed by atoms with Gasteiger partial charge in [-0.25, -0.2) is 0 Å². The van der Waals surface area contributed by atoms with Crippen molar-refractivity contribution < 1.29 is 0 Å². The molecule has 14 heavy (non-hydrogen) atoms. The fourth-order valence-corrected chi connectivity index (χ4v) is 18.5. The predicted octanol–water partition coefficient (Wildman–Crippen LogP) is 1.54. The Hall–Kier alpha value is -0.166. The van der Waals surface area contributed by atoms with E-state index in [1.807, 2.05) is 0 Å². The van der Waals surface area contributed by atoms with E-state index < -0.39 is 16.5 Å². The smallest absolute Gasteiger partial charge is 0.149 e. The highest BCUT2D eigenvalue weighted by molar-refractivity contribution is 7.15. The third-order valence-electron chi connectivity index (χ3n) is 3.77. The first-order valence-electron chi connectivity index (χ1n) is 5.04. The van der Waals surface area contributed by atoms with Crippen LogP contribution in [0.5, 0.6) is 0 Å². The van der Waals surface area contributed by atoms with Gasteiger partial charge >= 0.3 is 0 Å². The van der Waals surface area contributed by atoms with Crippen molar-refractivity contribution in [3.05, 3.63) is 24.6 Å². The summed E-state index contributed by atoms with van der Waals surface area (Å²) in [5.74, 6) is 0. The van der Waals surface area contributed by atoms with Crippen LogP contribution in [0.25, 0.3) is 0 Å². The molecular formula is C10H22N2Si2. The van der Waals surface area contributed by atoms with E-state index in [9.17, 15) is 0 Å². The molecule has 0 bridgehead atoms. The monoisotopic (exact) mass is 226 g/mol. The summed E-state index contributed by atoms with van der Waals surface area (Å²) in [5, 5.41) is 0. The Kier molecular flexibility index (Phi) is 3.21. The maximum absolute atomic E-state index is 4.02. The third kappa shape index (κ3) is 1.56. The van der Waals surface area contributed by atoms with Gasteiger partial charge in [-0.3, -0.25) is 0 Å². The van der Waals surface area contributed by atoms with E-state index >= 15 is 0 Å². The first-order valence-corrected chi connectivity index (χ1v) is 9.92. The summed E-state index contributed by atoms with van der Waals surface area (Å²) in [6.45, 7) is 8.05. The molecule has 1 aliphatic rings. The van der Waals surface area contributed by atoms with E-state index in [2.05, 4.69) is 61.9 Å². The maximum atomic E-state index is 4.02. The van der Waals surface area contributed by atoms with Gasteiger partial charge in [-0.1, -0.05) is 11.4 Å². The summed E-state index contributed by atoms with van der Waals surface area (Å²) in [5.41, 5.74) is 7.22. The van der Waals surface area contributed by atoms with Crippen LogP contribution in [-0.2, 0) is 0 Å². The van der Waals surface area contributed by atoms with Crippen molar-refractivity contribution in [1.29, 1.82) is 0 Å². The normalized spacial score (nSPS) is 37.0. The average molecular weight is 226 g/mol. The molecule has 1 heterocycles. The van der Waals surface area contributed by atoms with Gasteiger partial charge in [0.25, 0.3) is 0 Å². The summed E-state index contributed by atoms with van der Waals surface area (Å²) >= 11 is 0. The highest BCUT2D eigenvalue weighted by Crippen LogP contribution is 2.43. The van der Waals surface area contributed by atoms with Gasteiger partial charge in [-0.2, -0.15) is 0 Å². The molecule has 0 saturated carbocycles. The molecule has 0 amide bonds. The fraction of sp³-hybridized carbons (Fsp3) is 0.600. The zero-order chi connectivity index (χ0) is 11.0. The number of rotatable bonds is 4. The molecule has 0 spiro atoms. The first kappa shape index (κ1) is 11.9. The van der Waals surface area contributed by atoms with Crippen molar-refractivity contribution in [3.8, 4) is 0 Å². The predicted molar refractivity (Wildman–Crippen MR) is 68.9 cm³/mol. The molecular weight excluding hydrogens is 204 g/mol. The number of hydrogen-bond donors (Lipinski definition) is 0. The second-order valence-electron chi connectivity index (χ2n) is 4.76. The van der Waals surface area contributed by atoms with E-state index in [1.165, 1.54) is 11.3 Å². The van der Waals surface area contributed by atoms with Crippen LogP contribution in [0.2, 0.25) is 11.3 Å². The zero-order valence-corrected chi connectivity index (χ0v) is 11.9. The van der Waals surface area contributed by atoms with Crippen LogP contribution in [0, 0.1) is 0 Å². The van der Waals surface area contributed by atoms with Crippen molar-refractivity contribution in [2.24, 2.45) is 0 Å². The van der Waals surface area contributed by atoms with Crippen molar-refractivity contribution >= 4 is 16.5 Å². The molecule has 1 saturated heterocycles. The summed E-state index contributed by atoms with van der Waals surface area (Å²) < 4.78 is 4.86. The highest BCUT2D eigenvalue weighted by Gasteiger charge is 2.57. The molecule has 0 N–H and O–H groups in total. The second kappa shape index (κ2) is 3.77. The van der Waals surface area contributed by atoms with Gasteiger partial charge in [0.15, 0.2) is 0 Å². The van der Waals surface area contributed by atoms with E-state index in [0.29, 0.717) is 0 Å². The second-order valence-corrected chi connectivity index (χ2v) is 14.6. The Bertz CT molecular complexity index is 219. The quantitative estimate of drug-likeness (QED) is 0.671. The van der Waals surface area contributed by atoms with Crippen LogP contribution < -0.4 is 0 Å². The van der Waals surface area contributed by atoms with E-state index in [4.69, 9.17) is 0 Å². The van der Waals surface area contributed by atoms with Gasteiger partial charge < -0.3 is 9.13 Å². The molecule has 0 atom stereocenters. The topological polar surface area (TPSA) is 6.48 Å². The lowest BCUT2D eigenvalue weighted by molar-refractivity contribution is 0.578. The molecule has 0 aliphatic carbocycles. The lowest BCUT2D eigenvalue weighted by Gasteiger charge is -2.56. The van der Waals surface area contributed by atoms with Crippen LogP contribution >= 0.6 is 0 Å². The Balaban J connectivity index is 2.80. The Morgan fingerprint density at radius 1 is 0.857 bits per heavy atom. The van der Waals surface area contributed by atoms with Crippen LogP contribution in [-0.4, -0.2) is 53.8 Å². The van der Waals surface area contributed by atoms with Crippen molar-refractivity contribution in [1.82, 2.24) is 9.13 Å². The van der Waals surface area contributed by atoms with Crippen molar-refractivity contribution in [2.45, 2.75) is 11.3 Å². The van der Waals surface area contributed by atoms with Crippen LogP contribution in [0.4, 0.5) is 0 Å². The molecule has 4 heteroatoms. The van der Waals surface area contributed by atoms with Gasteiger partial charge in [-0.05, 0) is 39.5 Å². The van der Waals surface area contributed by atoms with E-state index in [1.54, 1.807) is 0 Å². The summed E-state index contributed by atoms with van der Waals surface area (Å²) in [6.07, 6.45) is 0. The minimum atomic E-state index is -1.27. The lowest BCUT2D eigenvalue weighted by atomic mass is 11.2. The van der Waals surface area contributed by atoms with Crippen LogP contribution in [0.15, 0.2) is 24.6 Å². The molecule has 0 aromatic heterocycles. The van der Waals surface area contributed by atoms with E-state index in [-0.39, 0.29) is 0 Å². The maximum Gasteiger partial charge on any atom is 0.149 e. The molecule has 0 radical (unpaired) electrons. The zero-order valence-electron chi connectivity index (χ0n) is 9.88. The number of nitrogens with zero attached hydrogens (tertiary/aromatic N) is 2. The van der Waals surface area contributed by atoms with Crippen LogP contribution in [0.3, 0.4) is 0 Å². The van der Waals surface area contributed by atoms with Gasteiger partial charge in [0.1, 0.15) is 16.5 Å². The Morgan fingerprint density at radius 2 is 1.14 bits per heavy atom. The first-order chi connectivity index (χ1) is 6.42. The molecule has 1 fully saturated rings. The molecule has 1 aliphatic heterocycles. The average Bonchev–Trinajstić information content (AvgIpc) is 2.03. The number of hydrogen-bond acceptors (Lipinski definition) is 2. The summed E-state index contributed by atoms with van der Waals surface area (Å²) in [6, 6.07) is 0. The highest BCUT2D eigenvalue weighted by atomic mass is 28.5. The van der Waals surface area contributed by atoms with Crippen molar-refractivity contribution in [3.63, 3.8) is 0 Å². The standard InChI is InChI=1S/C10H22N2Si2/c1-7-13(11(3)4)9-14(8-2,10-13)12(5)6/h7-8H,1-2,9-10H2,3-6H3. The van der Waals surface area contributed by atoms with Gasteiger partial charge in [0.05, 0.1) is 0 Å². The largest absolute Gasteiger partial charge is 0.326 e. The van der Waals surface area contributed by atoms with E-state index in [0.717, 1.165) is 0 Å². The van der Waals surface area contributed by atoms with Crippen LogP contribution in [0.1, 0.15) is 0 Å². The summed E-state index contributed by atoms with van der Waals surface area (Å²) in [7, 11) is 6.26. The molecule has 80 valence electrons. The fourth-order valence-electron chi connectivity index (χ4n) is 2.29. The Morgan fingerprint density at radius 3 is 1.29 bits per heavy atom. The minimum Gasteiger partial charge on any atom is -0.326 e. The van der Waals surface area contributed by atoms with Crippen molar-refractivity contribution in [2.75, 3.05) is 28.2 Å². The minimum absolute atomic E-state index is 1.27. The molecule has 1 rings (SSSR count). The van der Waals surface area contributed by atoms with Gasteiger partial charge in [-0.15, -0.1) is 13.2 Å². The molecule has 0 unspecified atom stereocenters. The molecule has 0 aromatic carbocycles. The van der Waals surface area contributed by atoms with Gasteiger partial charge in [0.2, 0.25) is 0 Å². The van der Waals surface area contributed by atoms with Gasteiger partial charge in [0, 0.05) is 0 Å². The third-order valence-corrected chi connectivity index (χ3v) is 18.6.